The molecule has 1 aromatic carbocycles. The number of nitrogens with zero attached hydrogens (tertiary/aromatic N) is 1. The van der Waals surface area contributed by atoms with Gasteiger partial charge in [0.25, 0.3) is 0 Å². The minimum atomic E-state index is 0.0273. The molecule has 3 rings (SSSR count). The normalized spacial score (nSPS) is 24.1. The quantitative estimate of drug-likeness (QED) is 0.883. The van der Waals surface area contributed by atoms with E-state index in [2.05, 4.69) is 34.5 Å². The Hall–Kier alpha value is -1.65. The summed E-state index contributed by atoms with van der Waals surface area (Å²) < 4.78 is 5.61. The topological polar surface area (TPSA) is 41.6 Å². The Bertz CT molecular complexity index is 484. The number of carbonyl (C=O) groups excluding carboxylic acids is 1. The molecule has 0 spiro atoms. The van der Waals surface area contributed by atoms with Crippen LogP contribution in [0.5, 0.6) is 0 Å². The van der Waals surface area contributed by atoms with E-state index >= 15 is 0 Å². The van der Waals surface area contributed by atoms with Gasteiger partial charge in [-0.15, -0.1) is 0 Å². The molecular weight excluding hydrogens is 240 g/mol. The minimum absolute atomic E-state index is 0.0273. The monoisotopic (exact) mass is 258 g/mol. The maximum absolute atomic E-state index is 11.2. The summed E-state index contributed by atoms with van der Waals surface area (Å²) >= 11 is 0. The Morgan fingerprint density at radius 2 is 2.16 bits per heavy atom. The third-order valence-electron chi connectivity index (χ3n) is 3.65. The maximum Gasteiger partial charge on any atom is 0.244 e. The van der Waals surface area contributed by atoms with Gasteiger partial charge >= 0.3 is 0 Å². The van der Waals surface area contributed by atoms with Gasteiger partial charge < -0.3 is 10.1 Å². The molecule has 2 heterocycles. The van der Waals surface area contributed by atoms with Gasteiger partial charge in [0.15, 0.2) is 0 Å². The number of benzene rings is 1. The predicted molar refractivity (Wildman–Crippen MR) is 72.7 cm³/mol. The van der Waals surface area contributed by atoms with Crippen LogP contribution in [0.4, 0.5) is 0 Å². The van der Waals surface area contributed by atoms with Crippen LogP contribution in [0.25, 0.3) is 0 Å². The Morgan fingerprint density at radius 3 is 2.89 bits per heavy atom. The molecule has 1 atom stereocenters. The van der Waals surface area contributed by atoms with Crippen LogP contribution >= 0.6 is 0 Å². The van der Waals surface area contributed by atoms with Crippen LogP contribution in [-0.2, 0) is 9.53 Å². The van der Waals surface area contributed by atoms with Gasteiger partial charge in [-0.2, -0.15) is 0 Å². The molecule has 0 radical (unpaired) electrons. The number of morpholine rings is 1. The van der Waals surface area contributed by atoms with Gasteiger partial charge in [0.05, 0.1) is 19.3 Å². The summed E-state index contributed by atoms with van der Waals surface area (Å²) in [4.78, 5) is 13.6. The van der Waals surface area contributed by atoms with E-state index in [1.807, 2.05) is 6.07 Å². The smallest absolute Gasteiger partial charge is 0.244 e. The zero-order valence-electron chi connectivity index (χ0n) is 10.8. The second-order valence-electron chi connectivity index (χ2n) is 4.99. The van der Waals surface area contributed by atoms with Gasteiger partial charge in [-0.1, -0.05) is 30.3 Å². The van der Waals surface area contributed by atoms with Gasteiger partial charge in [0, 0.05) is 25.7 Å². The summed E-state index contributed by atoms with van der Waals surface area (Å²) in [6.07, 6.45) is 1.72. The molecule has 0 bridgehead atoms. The number of hydrogen-bond acceptors (Lipinski definition) is 3. The highest BCUT2D eigenvalue weighted by Crippen LogP contribution is 2.25. The van der Waals surface area contributed by atoms with Crippen LogP contribution in [-0.4, -0.2) is 43.7 Å². The van der Waals surface area contributed by atoms with Crippen molar-refractivity contribution in [2.75, 3.05) is 32.8 Å². The number of amides is 1. The Morgan fingerprint density at radius 1 is 1.32 bits per heavy atom. The van der Waals surface area contributed by atoms with E-state index in [0.29, 0.717) is 6.54 Å². The predicted octanol–water partition coefficient (Wildman–Crippen LogP) is 1.12. The van der Waals surface area contributed by atoms with E-state index in [0.717, 1.165) is 31.9 Å². The molecular formula is C15H18N2O2. The summed E-state index contributed by atoms with van der Waals surface area (Å²) in [5, 5.41) is 2.82. The van der Waals surface area contributed by atoms with E-state index in [9.17, 15) is 4.79 Å². The van der Waals surface area contributed by atoms with E-state index in [1.54, 1.807) is 6.08 Å². The van der Waals surface area contributed by atoms with Crippen LogP contribution in [0.2, 0.25) is 0 Å². The first-order valence-electron chi connectivity index (χ1n) is 6.67. The first kappa shape index (κ1) is 12.4. The molecule has 1 fully saturated rings. The fraction of sp³-hybridized carbons (Fsp3) is 0.400. The van der Waals surface area contributed by atoms with E-state index in [4.69, 9.17) is 4.74 Å². The molecule has 100 valence electrons. The van der Waals surface area contributed by atoms with Crippen molar-refractivity contribution in [1.82, 2.24) is 10.2 Å². The van der Waals surface area contributed by atoms with Gasteiger partial charge in [0.2, 0.25) is 5.91 Å². The van der Waals surface area contributed by atoms with Crippen molar-refractivity contribution in [3.05, 3.63) is 47.5 Å². The molecule has 4 heteroatoms. The highest BCUT2D eigenvalue weighted by atomic mass is 16.5. The Kier molecular flexibility index (Phi) is 3.62. The molecule has 2 aliphatic rings. The number of ether oxygens (including phenoxy) is 1. The molecule has 0 aromatic heterocycles. The van der Waals surface area contributed by atoms with E-state index in [-0.39, 0.29) is 11.9 Å². The number of hydrogen-bond donors (Lipinski definition) is 1. The highest BCUT2D eigenvalue weighted by molar-refractivity contribution is 5.91. The van der Waals surface area contributed by atoms with Crippen molar-refractivity contribution in [3.63, 3.8) is 0 Å². The van der Waals surface area contributed by atoms with Gasteiger partial charge in [-0.05, 0) is 11.1 Å². The second-order valence-corrected chi connectivity index (χ2v) is 4.99. The molecule has 2 aliphatic heterocycles. The third-order valence-corrected chi connectivity index (χ3v) is 3.65. The molecule has 0 saturated carbocycles. The van der Waals surface area contributed by atoms with Gasteiger partial charge in [0.1, 0.15) is 0 Å². The van der Waals surface area contributed by atoms with Crippen LogP contribution in [0, 0.1) is 0 Å². The molecule has 1 saturated heterocycles. The summed E-state index contributed by atoms with van der Waals surface area (Å²) in [6, 6.07) is 10.7. The summed E-state index contributed by atoms with van der Waals surface area (Å²) in [5.74, 6) is 0.0273. The summed E-state index contributed by atoms with van der Waals surface area (Å²) in [5.41, 5.74) is 2.44. The summed E-state index contributed by atoms with van der Waals surface area (Å²) in [6.45, 7) is 3.90. The number of nitrogens with one attached hydrogen (secondary N) is 1. The average Bonchev–Trinajstić information content (AvgIpc) is 2.86. The standard InChI is InChI=1S/C15H18N2O2/c18-15-8-12(9-16-15)10-17-6-7-19-11-14(17)13-4-2-1-3-5-13/h1-5,8,14H,6-7,9-11H2,(H,16,18). The first-order valence-corrected chi connectivity index (χ1v) is 6.67. The molecule has 1 amide bonds. The lowest BCUT2D eigenvalue weighted by molar-refractivity contribution is -0.115. The molecule has 0 aliphatic carbocycles. The van der Waals surface area contributed by atoms with Crippen molar-refractivity contribution >= 4 is 5.91 Å². The van der Waals surface area contributed by atoms with Crippen LogP contribution < -0.4 is 5.32 Å². The Labute approximate surface area is 113 Å². The van der Waals surface area contributed by atoms with Crippen molar-refractivity contribution in [2.24, 2.45) is 0 Å². The fourth-order valence-corrected chi connectivity index (χ4v) is 2.66. The maximum atomic E-state index is 11.2. The second kappa shape index (κ2) is 5.55. The first-order chi connectivity index (χ1) is 9.33. The van der Waals surface area contributed by atoms with E-state index in [1.165, 1.54) is 5.56 Å². The fourth-order valence-electron chi connectivity index (χ4n) is 2.66. The minimum Gasteiger partial charge on any atom is -0.378 e. The summed E-state index contributed by atoms with van der Waals surface area (Å²) in [7, 11) is 0. The van der Waals surface area contributed by atoms with Crippen molar-refractivity contribution in [2.45, 2.75) is 6.04 Å². The third kappa shape index (κ3) is 2.85. The lowest BCUT2D eigenvalue weighted by Gasteiger charge is -2.36. The zero-order valence-corrected chi connectivity index (χ0v) is 10.8. The lowest BCUT2D eigenvalue weighted by Crippen LogP contribution is -2.40. The number of rotatable bonds is 3. The van der Waals surface area contributed by atoms with Gasteiger partial charge in [-0.25, -0.2) is 0 Å². The van der Waals surface area contributed by atoms with Crippen molar-refractivity contribution in [3.8, 4) is 0 Å². The SMILES string of the molecule is O=C1C=C(CN2CCOCC2c2ccccc2)CN1. The Balaban J connectivity index is 1.74. The van der Waals surface area contributed by atoms with E-state index < -0.39 is 0 Å². The van der Waals surface area contributed by atoms with Crippen LogP contribution in [0.15, 0.2) is 42.0 Å². The lowest BCUT2D eigenvalue weighted by atomic mass is 10.0. The zero-order chi connectivity index (χ0) is 13.1. The molecule has 1 N–H and O–H groups in total. The molecule has 19 heavy (non-hydrogen) atoms. The largest absolute Gasteiger partial charge is 0.378 e. The number of carbonyl (C=O) groups is 1. The van der Waals surface area contributed by atoms with Crippen LogP contribution in [0.3, 0.4) is 0 Å². The highest BCUT2D eigenvalue weighted by Gasteiger charge is 2.26. The van der Waals surface area contributed by atoms with Crippen molar-refractivity contribution in [1.29, 1.82) is 0 Å². The van der Waals surface area contributed by atoms with Gasteiger partial charge in [-0.3, -0.25) is 9.69 Å². The van der Waals surface area contributed by atoms with Crippen molar-refractivity contribution < 1.29 is 9.53 Å². The molecule has 1 aromatic rings. The molecule has 1 unspecified atom stereocenters. The molecule has 4 nitrogen and oxygen atoms in total. The average molecular weight is 258 g/mol. The van der Waals surface area contributed by atoms with Crippen LogP contribution in [0.1, 0.15) is 11.6 Å².